The van der Waals surface area contributed by atoms with Crippen LogP contribution >= 0.6 is 11.6 Å². The van der Waals surface area contributed by atoms with Gasteiger partial charge in [-0.15, -0.1) is 11.6 Å². The van der Waals surface area contributed by atoms with E-state index in [1.165, 1.54) is 12.1 Å². The maximum atomic E-state index is 12.7. The Hall–Kier alpha value is -0.600. The van der Waals surface area contributed by atoms with Gasteiger partial charge in [-0.3, -0.25) is 0 Å². The molecule has 1 aromatic rings. The van der Waals surface area contributed by atoms with E-state index in [0.717, 1.165) is 25.0 Å². The molecule has 0 amide bonds. The van der Waals surface area contributed by atoms with Crippen molar-refractivity contribution in [3.8, 4) is 0 Å². The third-order valence-corrected chi connectivity index (χ3v) is 3.72. The van der Waals surface area contributed by atoms with Crippen LogP contribution in [0, 0.1) is 11.7 Å². The molecule has 1 saturated heterocycles. The molecule has 16 heavy (non-hydrogen) atoms. The summed E-state index contributed by atoms with van der Waals surface area (Å²) in [6.07, 6.45) is 2.04. The van der Waals surface area contributed by atoms with Crippen LogP contribution < -0.4 is 0 Å². The zero-order valence-electron chi connectivity index (χ0n) is 9.33. The predicted molar refractivity (Wildman–Crippen MR) is 63.3 cm³/mol. The van der Waals surface area contributed by atoms with Gasteiger partial charge in [-0.05, 0) is 37.5 Å². The van der Waals surface area contributed by atoms with Gasteiger partial charge in [0, 0.05) is 17.9 Å². The molecule has 3 atom stereocenters. The van der Waals surface area contributed by atoms with Gasteiger partial charge in [-0.2, -0.15) is 0 Å². The molecule has 88 valence electrons. The predicted octanol–water partition coefficient (Wildman–Crippen LogP) is 3.40. The Labute approximate surface area is 101 Å². The summed E-state index contributed by atoms with van der Waals surface area (Å²) < 4.78 is 18.2. The monoisotopic (exact) mass is 242 g/mol. The standard InChI is InChI=1S/C13H16ClFO/c1-9-12(6-7-16-9)13(14)8-10-2-4-11(15)5-3-10/h2-5,9,12-13H,6-8H2,1H3. The molecule has 3 unspecified atom stereocenters. The van der Waals surface area contributed by atoms with E-state index in [4.69, 9.17) is 16.3 Å². The lowest BCUT2D eigenvalue weighted by atomic mass is 9.94. The van der Waals surface area contributed by atoms with Crippen molar-refractivity contribution in [2.45, 2.75) is 31.2 Å². The quantitative estimate of drug-likeness (QED) is 0.739. The van der Waals surface area contributed by atoms with Gasteiger partial charge in [0.1, 0.15) is 5.82 Å². The maximum Gasteiger partial charge on any atom is 0.123 e. The minimum Gasteiger partial charge on any atom is -0.378 e. The largest absolute Gasteiger partial charge is 0.378 e. The average Bonchev–Trinajstić information content (AvgIpc) is 2.68. The van der Waals surface area contributed by atoms with E-state index >= 15 is 0 Å². The molecule has 0 saturated carbocycles. The molecular weight excluding hydrogens is 227 g/mol. The fourth-order valence-electron chi connectivity index (χ4n) is 2.22. The minimum absolute atomic E-state index is 0.0722. The molecule has 0 spiro atoms. The van der Waals surface area contributed by atoms with Crippen molar-refractivity contribution in [3.63, 3.8) is 0 Å². The highest BCUT2D eigenvalue weighted by Crippen LogP contribution is 2.29. The van der Waals surface area contributed by atoms with Crippen molar-refractivity contribution in [2.24, 2.45) is 5.92 Å². The van der Waals surface area contributed by atoms with Gasteiger partial charge in [-0.25, -0.2) is 4.39 Å². The van der Waals surface area contributed by atoms with Crippen molar-refractivity contribution in [2.75, 3.05) is 6.61 Å². The van der Waals surface area contributed by atoms with Crippen LogP contribution in [0.4, 0.5) is 4.39 Å². The lowest BCUT2D eigenvalue weighted by Crippen LogP contribution is -2.23. The summed E-state index contributed by atoms with van der Waals surface area (Å²) in [5.74, 6) is 0.208. The van der Waals surface area contributed by atoms with E-state index in [1.807, 2.05) is 0 Å². The molecule has 1 fully saturated rings. The van der Waals surface area contributed by atoms with Gasteiger partial charge in [0.05, 0.1) is 6.10 Å². The van der Waals surface area contributed by atoms with Crippen LogP contribution in [0.15, 0.2) is 24.3 Å². The number of ether oxygens (including phenoxy) is 1. The Morgan fingerprint density at radius 3 is 2.69 bits per heavy atom. The van der Waals surface area contributed by atoms with E-state index in [2.05, 4.69) is 6.92 Å². The molecule has 1 aromatic carbocycles. The third kappa shape index (κ3) is 2.74. The number of rotatable bonds is 3. The Morgan fingerprint density at radius 1 is 1.44 bits per heavy atom. The Kier molecular flexibility index (Phi) is 3.82. The van der Waals surface area contributed by atoms with Gasteiger partial charge in [0.25, 0.3) is 0 Å². The summed E-state index contributed by atoms with van der Waals surface area (Å²) in [5.41, 5.74) is 1.08. The fourth-order valence-corrected chi connectivity index (χ4v) is 2.73. The summed E-state index contributed by atoms with van der Waals surface area (Å²) in [6.45, 7) is 2.87. The SMILES string of the molecule is CC1OCCC1C(Cl)Cc1ccc(F)cc1. The van der Waals surface area contributed by atoms with Crippen LogP contribution in [0.5, 0.6) is 0 Å². The lowest BCUT2D eigenvalue weighted by Gasteiger charge is -2.20. The molecular formula is C13H16ClFO. The van der Waals surface area contributed by atoms with Crippen LogP contribution in [0.25, 0.3) is 0 Å². The normalized spacial score (nSPS) is 26.9. The highest BCUT2D eigenvalue weighted by molar-refractivity contribution is 6.21. The molecule has 1 aliphatic heterocycles. The summed E-state index contributed by atoms with van der Waals surface area (Å²) >= 11 is 6.38. The summed E-state index contributed by atoms with van der Waals surface area (Å²) in [6, 6.07) is 6.55. The lowest BCUT2D eigenvalue weighted by molar-refractivity contribution is 0.105. The van der Waals surface area contributed by atoms with Gasteiger partial charge >= 0.3 is 0 Å². The average molecular weight is 243 g/mol. The first kappa shape index (κ1) is 11.9. The fraction of sp³-hybridized carbons (Fsp3) is 0.538. The molecule has 0 aliphatic carbocycles. The van der Waals surface area contributed by atoms with Crippen LogP contribution in [0.1, 0.15) is 18.9 Å². The Balaban J connectivity index is 1.96. The van der Waals surface area contributed by atoms with Gasteiger partial charge in [0.2, 0.25) is 0 Å². The van der Waals surface area contributed by atoms with Crippen LogP contribution in [0.3, 0.4) is 0 Å². The molecule has 0 bridgehead atoms. The molecule has 1 nitrogen and oxygen atoms in total. The second-order valence-corrected chi connectivity index (χ2v) is 4.94. The van der Waals surface area contributed by atoms with E-state index in [-0.39, 0.29) is 17.3 Å². The van der Waals surface area contributed by atoms with Crippen molar-refractivity contribution in [3.05, 3.63) is 35.6 Å². The summed E-state index contributed by atoms with van der Waals surface area (Å²) in [5, 5.41) is 0.0722. The highest BCUT2D eigenvalue weighted by atomic mass is 35.5. The third-order valence-electron chi connectivity index (χ3n) is 3.24. The van der Waals surface area contributed by atoms with Crippen LogP contribution in [0.2, 0.25) is 0 Å². The topological polar surface area (TPSA) is 9.23 Å². The van der Waals surface area contributed by atoms with Crippen molar-refractivity contribution in [1.82, 2.24) is 0 Å². The number of hydrogen-bond acceptors (Lipinski definition) is 1. The first-order valence-electron chi connectivity index (χ1n) is 5.67. The molecule has 2 rings (SSSR count). The van der Waals surface area contributed by atoms with Crippen molar-refractivity contribution < 1.29 is 9.13 Å². The van der Waals surface area contributed by atoms with Crippen LogP contribution in [-0.4, -0.2) is 18.1 Å². The molecule has 0 aromatic heterocycles. The smallest absolute Gasteiger partial charge is 0.123 e. The zero-order chi connectivity index (χ0) is 11.5. The number of alkyl halides is 1. The first-order chi connectivity index (χ1) is 7.66. The van der Waals surface area contributed by atoms with Crippen LogP contribution in [-0.2, 0) is 11.2 Å². The molecule has 1 aliphatic rings. The Morgan fingerprint density at radius 2 is 2.12 bits per heavy atom. The molecule has 3 heteroatoms. The second kappa shape index (κ2) is 5.15. The van der Waals surface area contributed by atoms with Crippen molar-refractivity contribution >= 4 is 11.6 Å². The zero-order valence-corrected chi connectivity index (χ0v) is 10.1. The van der Waals surface area contributed by atoms with Gasteiger partial charge in [0.15, 0.2) is 0 Å². The molecule has 0 N–H and O–H groups in total. The molecule has 1 heterocycles. The van der Waals surface area contributed by atoms with E-state index < -0.39 is 0 Å². The maximum absolute atomic E-state index is 12.7. The van der Waals surface area contributed by atoms with Gasteiger partial charge in [-0.1, -0.05) is 12.1 Å². The first-order valence-corrected chi connectivity index (χ1v) is 6.10. The van der Waals surface area contributed by atoms with Gasteiger partial charge < -0.3 is 4.74 Å². The minimum atomic E-state index is -0.201. The summed E-state index contributed by atoms with van der Waals surface area (Å²) in [7, 11) is 0. The Bertz CT molecular complexity index is 338. The van der Waals surface area contributed by atoms with Crippen molar-refractivity contribution in [1.29, 1.82) is 0 Å². The van der Waals surface area contributed by atoms with E-state index in [0.29, 0.717) is 5.92 Å². The number of halogens is 2. The number of hydrogen-bond donors (Lipinski definition) is 0. The number of benzene rings is 1. The van der Waals surface area contributed by atoms with E-state index in [9.17, 15) is 4.39 Å². The summed E-state index contributed by atoms with van der Waals surface area (Å²) in [4.78, 5) is 0. The molecule has 0 radical (unpaired) electrons. The highest BCUT2D eigenvalue weighted by Gasteiger charge is 2.30. The second-order valence-electron chi connectivity index (χ2n) is 4.38. The van der Waals surface area contributed by atoms with E-state index in [1.54, 1.807) is 12.1 Å².